The summed E-state index contributed by atoms with van der Waals surface area (Å²) in [5.74, 6) is -0.288. The molecule has 7 heteroatoms. The predicted octanol–water partition coefficient (Wildman–Crippen LogP) is 4.90. The van der Waals surface area contributed by atoms with Crippen molar-refractivity contribution in [3.63, 3.8) is 0 Å². The molecule has 0 fully saturated rings. The van der Waals surface area contributed by atoms with Crippen LogP contribution in [0.3, 0.4) is 0 Å². The number of hydrogen-bond acceptors (Lipinski definition) is 3. The number of halogens is 3. The average molecular weight is 378 g/mol. The highest BCUT2D eigenvalue weighted by Crippen LogP contribution is 2.32. The van der Waals surface area contributed by atoms with Crippen LogP contribution in [0, 0.1) is 13.8 Å². The van der Waals surface area contributed by atoms with Gasteiger partial charge < -0.3 is 10.6 Å². The molecule has 1 atom stereocenters. The second-order valence-corrected chi connectivity index (χ2v) is 8.20. The summed E-state index contributed by atoms with van der Waals surface area (Å²) >= 11 is 19.3. The third-order valence-electron chi connectivity index (χ3n) is 3.04. The number of carbonyl (C=O) groups is 1. The topological polar surface area (TPSA) is 41.1 Å². The number of hydrogen-bond donors (Lipinski definition) is 2. The monoisotopic (exact) mass is 376 g/mol. The van der Waals surface area contributed by atoms with Crippen molar-refractivity contribution in [3.05, 3.63) is 51.7 Å². The average Bonchev–Trinajstić information content (AvgIpc) is 2.95. The fraction of sp³-hybridized carbons (Fsp3) is 0.267. The molecule has 1 aromatic heterocycles. The Bertz CT molecular complexity index is 653. The maximum atomic E-state index is 12.2. The van der Waals surface area contributed by atoms with Crippen molar-refractivity contribution < 1.29 is 4.79 Å². The largest absolute Gasteiger partial charge is 0.362 e. The number of rotatable bonds is 4. The predicted molar refractivity (Wildman–Crippen MR) is 95.4 cm³/mol. The van der Waals surface area contributed by atoms with E-state index in [2.05, 4.69) is 10.6 Å². The molecule has 1 amide bonds. The number of amides is 1. The Morgan fingerprint density at radius 1 is 1.23 bits per heavy atom. The van der Waals surface area contributed by atoms with Crippen molar-refractivity contribution in [3.8, 4) is 0 Å². The van der Waals surface area contributed by atoms with Gasteiger partial charge in [0.05, 0.1) is 4.88 Å². The first-order valence-corrected chi connectivity index (χ1v) is 8.53. The van der Waals surface area contributed by atoms with Crippen molar-refractivity contribution in [1.29, 1.82) is 0 Å². The Morgan fingerprint density at radius 3 is 2.55 bits per heavy atom. The second kappa shape index (κ2) is 7.09. The summed E-state index contributed by atoms with van der Waals surface area (Å²) in [5.41, 5.74) is 2.87. The molecule has 22 heavy (non-hydrogen) atoms. The highest BCUT2D eigenvalue weighted by molar-refractivity contribution is 7.12. The van der Waals surface area contributed by atoms with Gasteiger partial charge in [-0.3, -0.25) is 4.79 Å². The van der Waals surface area contributed by atoms with Crippen LogP contribution < -0.4 is 10.6 Å². The van der Waals surface area contributed by atoms with Gasteiger partial charge in [-0.05, 0) is 42.5 Å². The van der Waals surface area contributed by atoms with Gasteiger partial charge in [0.15, 0.2) is 0 Å². The van der Waals surface area contributed by atoms with Gasteiger partial charge in [0.25, 0.3) is 5.91 Å². The molecule has 118 valence electrons. The number of thiophene rings is 1. The molecule has 0 unspecified atom stereocenters. The van der Waals surface area contributed by atoms with E-state index in [1.54, 1.807) is 12.1 Å². The molecule has 3 nitrogen and oxygen atoms in total. The van der Waals surface area contributed by atoms with Crippen molar-refractivity contribution >= 4 is 57.7 Å². The molecule has 1 heterocycles. The molecule has 2 aromatic rings. The van der Waals surface area contributed by atoms with Crippen LogP contribution in [0.5, 0.6) is 0 Å². The van der Waals surface area contributed by atoms with E-state index in [-0.39, 0.29) is 5.91 Å². The smallest absolute Gasteiger partial charge is 0.263 e. The third kappa shape index (κ3) is 4.53. The highest BCUT2D eigenvalue weighted by Gasteiger charge is 2.34. The molecule has 0 saturated carbocycles. The van der Waals surface area contributed by atoms with Crippen LogP contribution in [-0.4, -0.2) is 15.9 Å². The molecule has 0 spiro atoms. The molecular weight excluding hydrogens is 363 g/mol. The maximum Gasteiger partial charge on any atom is 0.263 e. The molecular formula is C15H15Cl3N2OS. The van der Waals surface area contributed by atoms with Crippen molar-refractivity contribution in [2.24, 2.45) is 0 Å². The molecule has 0 aliphatic rings. The lowest BCUT2D eigenvalue weighted by molar-refractivity contribution is 0.0946. The van der Waals surface area contributed by atoms with Gasteiger partial charge in [-0.1, -0.05) is 53.0 Å². The van der Waals surface area contributed by atoms with Gasteiger partial charge in [0.1, 0.15) is 6.17 Å². The lowest BCUT2D eigenvalue weighted by Crippen LogP contribution is -2.49. The lowest BCUT2D eigenvalue weighted by atomic mass is 10.1. The molecule has 0 aliphatic heterocycles. The van der Waals surface area contributed by atoms with Gasteiger partial charge >= 0.3 is 0 Å². The molecule has 0 bridgehead atoms. The molecule has 2 N–H and O–H groups in total. The van der Waals surface area contributed by atoms with E-state index < -0.39 is 9.96 Å². The van der Waals surface area contributed by atoms with Gasteiger partial charge in [-0.15, -0.1) is 11.3 Å². The SMILES string of the molecule is Cc1ccc(C)c(N[C@@H](NC(=O)c2cccs2)C(Cl)(Cl)Cl)c1. The van der Waals surface area contributed by atoms with Crippen LogP contribution in [0.1, 0.15) is 20.8 Å². The summed E-state index contributed by atoms with van der Waals surface area (Å²) in [6.07, 6.45) is -0.854. The number of alkyl halides is 3. The fourth-order valence-corrected chi connectivity index (χ4v) is 2.81. The normalized spacial score (nSPS) is 12.8. The van der Waals surface area contributed by atoms with E-state index in [0.29, 0.717) is 4.88 Å². The van der Waals surface area contributed by atoms with E-state index >= 15 is 0 Å². The second-order valence-electron chi connectivity index (χ2n) is 4.89. The lowest BCUT2D eigenvalue weighted by Gasteiger charge is -2.28. The zero-order chi connectivity index (χ0) is 16.3. The van der Waals surface area contributed by atoms with Gasteiger partial charge in [0, 0.05) is 5.69 Å². The molecule has 0 aliphatic carbocycles. The quantitative estimate of drug-likeness (QED) is 0.587. The Morgan fingerprint density at radius 2 is 1.95 bits per heavy atom. The minimum atomic E-state index is -1.69. The first-order chi connectivity index (χ1) is 10.3. The first-order valence-electron chi connectivity index (χ1n) is 6.52. The summed E-state index contributed by atoms with van der Waals surface area (Å²) in [7, 11) is 0. The number of benzene rings is 1. The standard InChI is InChI=1S/C15H15Cl3N2OS/c1-9-5-6-10(2)11(8-9)19-14(15(16,17)18)20-13(21)12-4-3-7-22-12/h3-8,14,19H,1-2H3,(H,20,21)/t14-/m0/s1. The van der Waals surface area contributed by atoms with E-state index in [9.17, 15) is 4.79 Å². The summed E-state index contributed by atoms with van der Waals surface area (Å²) < 4.78 is -1.69. The zero-order valence-corrected chi connectivity index (χ0v) is 15.1. The van der Waals surface area contributed by atoms with E-state index in [1.165, 1.54) is 11.3 Å². The van der Waals surface area contributed by atoms with Gasteiger partial charge in [-0.25, -0.2) is 0 Å². The molecule has 1 aromatic carbocycles. The van der Waals surface area contributed by atoms with Gasteiger partial charge in [-0.2, -0.15) is 0 Å². The third-order valence-corrected chi connectivity index (χ3v) is 4.56. The number of nitrogens with one attached hydrogen (secondary N) is 2. The Hall–Kier alpha value is -0.940. The minimum Gasteiger partial charge on any atom is -0.362 e. The summed E-state index contributed by atoms with van der Waals surface area (Å²) in [4.78, 5) is 12.7. The van der Waals surface area contributed by atoms with Crippen LogP contribution in [0.15, 0.2) is 35.7 Å². The molecule has 2 rings (SSSR count). The van der Waals surface area contributed by atoms with E-state index in [4.69, 9.17) is 34.8 Å². The number of anilines is 1. The van der Waals surface area contributed by atoms with Crippen LogP contribution in [0.2, 0.25) is 0 Å². The first kappa shape index (κ1) is 17.4. The summed E-state index contributed by atoms with van der Waals surface area (Å²) in [6.45, 7) is 3.91. The van der Waals surface area contributed by atoms with Gasteiger partial charge in [0.2, 0.25) is 3.79 Å². The molecule has 0 saturated heterocycles. The Balaban J connectivity index is 2.20. The van der Waals surface area contributed by atoms with Crippen molar-refractivity contribution in [1.82, 2.24) is 5.32 Å². The van der Waals surface area contributed by atoms with Crippen LogP contribution in [0.4, 0.5) is 5.69 Å². The zero-order valence-electron chi connectivity index (χ0n) is 12.0. The van der Waals surface area contributed by atoms with Crippen molar-refractivity contribution in [2.45, 2.75) is 23.8 Å². The maximum absolute atomic E-state index is 12.2. The van der Waals surface area contributed by atoms with E-state index in [0.717, 1.165) is 16.8 Å². The number of carbonyl (C=O) groups excluding carboxylic acids is 1. The van der Waals surface area contributed by atoms with Crippen LogP contribution >= 0.6 is 46.1 Å². The van der Waals surface area contributed by atoms with E-state index in [1.807, 2.05) is 37.4 Å². The highest BCUT2D eigenvalue weighted by atomic mass is 35.6. The Labute approximate surface area is 148 Å². The Kier molecular flexibility index (Phi) is 5.61. The molecule has 0 radical (unpaired) electrons. The van der Waals surface area contributed by atoms with Crippen LogP contribution in [-0.2, 0) is 0 Å². The van der Waals surface area contributed by atoms with Crippen LogP contribution in [0.25, 0.3) is 0 Å². The fourth-order valence-electron chi connectivity index (χ4n) is 1.86. The summed E-state index contributed by atoms with van der Waals surface area (Å²) in [5, 5.41) is 7.63. The summed E-state index contributed by atoms with van der Waals surface area (Å²) in [6, 6.07) is 9.41. The minimum absolute atomic E-state index is 0.288. The number of aryl methyl sites for hydroxylation is 2. The van der Waals surface area contributed by atoms with Crippen molar-refractivity contribution in [2.75, 3.05) is 5.32 Å².